The van der Waals surface area contributed by atoms with Gasteiger partial charge in [-0.15, -0.1) is 0 Å². The third-order valence-electron chi connectivity index (χ3n) is 4.65. The van der Waals surface area contributed by atoms with Crippen molar-refractivity contribution < 1.29 is 17.9 Å². The molecule has 0 unspecified atom stereocenters. The van der Waals surface area contributed by atoms with Crippen molar-refractivity contribution in [3.63, 3.8) is 0 Å². The number of nitrogens with one attached hydrogen (secondary N) is 1. The molecular formula is C21H17Cl2N3O4S. The van der Waals surface area contributed by atoms with E-state index < -0.39 is 10.0 Å². The Hall–Kier alpha value is -2.65. The van der Waals surface area contributed by atoms with Crippen LogP contribution in [0, 0.1) is 0 Å². The largest absolute Gasteiger partial charge is 0.362 e. The molecule has 160 valence electrons. The minimum Gasteiger partial charge on any atom is -0.362 e. The molecule has 0 radical (unpaired) electrons. The lowest BCUT2D eigenvalue weighted by Crippen LogP contribution is -2.41. The molecule has 1 saturated heterocycles. The maximum atomic E-state index is 12.7. The molecule has 1 fully saturated rings. The first kappa shape index (κ1) is 21.6. The summed E-state index contributed by atoms with van der Waals surface area (Å²) in [5.74, 6) is -0.690. The Morgan fingerprint density at radius 2 is 1.84 bits per heavy atom. The smallest absolute Gasteiger partial charge is 0.259 e. The van der Waals surface area contributed by atoms with Crippen LogP contribution in [-0.4, -0.2) is 38.4 Å². The Bertz CT molecular complexity index is 1220. The minimum atomic E-state index is -3.51. The lowest BCUT2D eigenvalue weighted by atomic mass is 10.1. The van der Waals surface area contributed by atoms with Crippen molar-refractivity contribution in [2.45, 2.75) is 0 Å². The number of benzene rings is 2. The second kappa shape index (κ2) is 8.84. The van der Waals surface area contributed by atoms with Gasteiger partial charge in [0.05, 0.1) is 34.6 Å². The minimum absolute atomic E-state index is 0.236. The Morgan fingerprint density at radius 3 is 2.52 bits per heavy atom. The van der Waals surface area contributed by atoms with Crippen LogP contribution >= 0.6 is 23.2 Å². The SMILES string of the molecule is O=C(Nc1ccc(Cl)c(-c2ccc(Cl)cn2)c1)c1ccc(N2CCOCS2(=O)=O)cc1. The predicted octanol–water partition coefficient (Wildman–Crippen LogP) is 4.43. The standard InChI is InChI=1S/C21H17Cl2N3O4S/c22-15-3-8-20(24-12-15)18-11-16(4-7-19(18)23)25-21(27)14-1-5-17(6-2-14)26-9-10-30-13-31(26,28)29/h1-8,11-12H,9-10,13H2,(H,25,27). The molecule has 1 aliphatic rings. The van der Waals surface area contributed by atoms with Gasteiger partial charge in [-0.1, -0.05) is 23.2 Å². The molecule has 0 atom stereocenters. The van der Waals surface area contributed by atoms with Crippen molar-refractivity contribution in [1.82, 2.24) is 4.98 Å². The number of amides is 1. The number of carbonyl (C=O) groups excluding carboxylic acids is 1. The summed E-state index contributed by atoms with van der Waals surface area (Å²) in [6.07, 6.45) is 1.52. The van der Waals surface area contributed by atoms with E-state index in [2.05, 4.69) is 10.3 Å². The van der Waals surface area contributed by atoms with Crippen LogP contribution in [0.2, 0.25) is 10.0 Å². The molecule has 1 aromatic heterocycles. The zero-order valence-corrected chi connectivity index (χ0v) is 18.4. The van der Waals surface area contributed by atoms with Gasteiger partial charge in [-0.3, -0.25) is 14.1 Å². The number of hydrogen-bond acceptors (Lipinski definition) is 5. The molecule has 3 aromatic rings. The molecule has 0 spiro atoms. The van der Waals surface area contributed by atoms with Gasteiger partial charge in [0.25, 0.3) is 15.9 Å². The lowest BCUT2D eigenvalue weighted by Gasteiger charge is -2.28. The van der Waals surface area contributed by atoms with Gasteiger partial charge in [-0.25, -0.2) is 8.42 Å². The van der Waals surface area contributed by atoms with Crippen LogP contribution < -0.4 is 9.62 Å². The fourth-order valence-corrected chi connectivity index (χ4v) is 4.70. The first-order chi connectivity index (χ1) is 14.8. The number of nitrogens with zero attached hydrogens (tertiary/aromatic N) is 2. The maximum Gasteiger partial charge on any atom is 0.259 e. The van der Waals surface area contributed by atoms with Crippen LogP contribution in [-0.2, 0) is 14.8 Å². The lowest BCUT2D eigenvalue weighted by molar-refractivity contribution is 0.102. The van der Waals surface area contributed by atoms with Gasteiger partial charge in [0.2, 0.25) is 0 Å². The quantitative estimate of drug-likeness (QED) is 0.600. The molecule has 1 aliphatic heterocycles. The topological polar surface area (TPSA) is 88.6 Å². The monoisotopic (exact) mass is 477 g/mol. The van der Waals surface area contributed by atoms with E-state index in [9.17, 15) is 13.2 Å². The Balaban J connectivity index is 1.52. The second-order valence-corrected chi connectivity index (χ2v) is 9.45. The first-order valence-electron chi connectivity index (χ1n) is 9.24. The summed E-state index contributed by atoms with van der Waals surface area (Å²) in [5.41, 5.74) is 2.70. The summed E-state index contributed by atoms with van der Waals surface area (Å²) in [7, 11) is -3.51. The van der Waals surface area contributed by atoms with Crippen LogP contribution in [0.4, 0.5) is 11.4 Å². The fraction of sp³-hybridized carbons (Fsp3) is 0.143. The molecule has 0 saturated carbocycles. The number of hydrogen-bond donors (Lipinski definition) is 1. The van der Waals surface area contributed by atoms with E-state index >= 15 is 0 Å². The highest BCUT2D eigenvalue weighted by atomic mass is 35.5. The van der Waals surface area contributed by atoms with Gasteiger partial charge in [-0.2, -0.15) is 0 Å². The van der Waals surface area contributed by atoms with Gasteiger partial charge < -0.3 is 10.1 Å². The van der Waals surface area contributed by atoms with Crippen molar-refractivity contribution in [3.8, 4) is 11.3 Å². The number of pyridine rings is 1. The highest BCUT2D eigenvalue weighted by Crippen LogP contribution is 2.30. The van der Waals surface area contributed by atoms with E-state index in [4.69, 9.17) is 27.9 Å². The number of halogens is 2. The van der Waals surface area contributed by atoms with Gasteiger partial charge in [0.1, 0.15) is 0 Å². The Labute approximate surface area is 189 Å². The maximum absolute atomic E-state index is 12.7. The van der Waals surface area contributed by atoms with E-state index in [1.165, 1.54) is 10.5 Å². The van der Waals surface area contributed by atoms with Crippen molar-refractivity contribution >= 4 is 50.5 Å². The average Bonchev–Trinajstić information content (AvgIpc) is 2.75. The zero-order chi connectivity index (χ0) is 22.0. The van der Waals surface area contributed by atoms with E-state index in [1.54, 1.807) is 54.6 Å². The van der Waals surface area contributed by atoms with Crippen LogP contribution in [0.5, 0.6) is 0 Å². The van der Waals surface area contributed by atoms with Crippen LogP contribution in [0.15, 0.2) is 60.8 Å². The molecule has 7 nitrogen and oxygen atoms in total. The summed E-state index contributed by atoms with van der Waals surface area (Å²) >= 11 is 12.2. The third kappa shape index (κ3) is 4.83. The second-order valence-electron chi connectivity index (χ2n) is 6.77. The highest BCUT2D eigenvalue weighted by Gasteiger charge is 2.26. The number of ether oxygens (including phenoxy) is 1. The van der Waals surface area contributed by atoms with Crippen LogP contribution in [0.3, 0.4) is 0 Å². The van der Waals surface area contributed by atoms with Crippen molar-refractivity contribution in [2.24, 2.45) is 0 Å². The van der Waals surface area contributed by atoms with Gasteiger partial charge >= 0.3 is 0 Å². The van der Waals surface area contributed by atoms with Crippen molar-refractivity contribution in [2.75, 3.05) is 28.7 Å². The summed E-state index contributed by atoms with van der Waals surface area (Å²) in [6, 6.07) is 14.9. The van der Waals surface area contributed by atoms with Crippen LogP contribution in [0.25, 0.3) is 11.3 Å². The number of carbonyl (C=O) groups is 1. The number of anilines is 2. The average molecular weight is 478 g/mol. The number of sulfonamides is 1. The molecule has 2 heterocycles. The predicted molar refractivity (Wildman–Crippen MR) is 121 cm³/mol. The first-order valence-corrected chi connectivity index (χ1v) is 11.6. The molecule has 2 aromatic carbocycles. The van der Waals surface area contributed by atoms with Gasteiger partial charge in [0, 0.05) is 23.0 Å². The third-order valence-corrected chi connectivity index (χ3v) is 6.73. The molecule has 31 heavy (non-hydrogen) atoms. The highest BCUT2D eigenvalue weighted by molar-refractivity contribution is 7.92. The molecule has 0 aliphatic carbocycles. The zero-order valence-electron chi connectivity index (χ0n) is 16.1. The number of aromatic nitrogens is 1. The summed E-state index contributed by atoms with van der Waals surface area (Å²) in [5, 5.41) is 3.82. The Morgan fingerprint density at radius 1 is 1.06 bits per heavy atom. The molecule has 4 rings (SSSR count). The summed E-state index contributed by atoms with van der Waals surface area (Å²) < 4.78 is 30.6. The van der Waals surface area contributed by atoms with Gasteiger partial charge in [0.15, 0.2) is 5.94 Å². The van der Waals surface area contributed by atoms with Crippen molar-refractivity contribution in [3.05, 3.63) is 76.4 Å². The normalized spacial score (nSPS) is 15.5. The van der Waals surface area contributed by atoms with Crippen molar-refractivity contribution in [1.29, 1.82) is 0 Å². The fourth-order valence-electron chi connectivity index (χ4n) is 3.12. The Kier molecular flexibility index (Phi) is 6.15. The molecule has 0 bridgehead atoms. The van der Waals surface area contributed by atoms with E-state index in [1.807, 2.05) is 0 Å². The van der Waals surface area contributed by atoms with E-state index in [0.29, 0.717) is 44.8 Å². The molecule has 10 heteroatoms. The molecule has 1 N–H and O–H groups in total. The summed E-state index contributed by atoms with van der Waals surface area (Å²) in [6.45, 7) is 0.559. The van der Waals surface area contributed by atoms with E-state index in [0.717, 1.165) is 0 Å². The van der Waals surface area contributed by atoms with Crippen LogP contribution in [0.1, 0.15) is 10.4 Å². The van der Waals surface area contributed by atoms with E-state index in [-0.39, 0.29) is 18.4 Å². The number of rotatable bonds is 4. The summed E-state index contributed by atoms with van der Waals surface area (Å²) in [4.78, 5) is 16.9. The molecular weight excluding hydrogens is 461 g/mol. The van der Waals surface area contributed by atoms with Gasteiger partial charge in [-0.05, 0) is 54.6 Å². The molecule has 1 amide bonds.